The van der Waals surface area contributed by atoms with Crippen molar-refractivity contribution in [3.63, 3.8) is 0 Å². The van der Waals surface area contributed by atoms with Crippen LogP contribution in [0.3, 0.4) is 0 Å². The average molecular weight is 561 g/mol. The van der Waals surface area contributed by atoms with Crippen molar-refractivity contribution in [3.05, 3.63) is 11.6 Å². The lowest BCUT2D eigenvalue weighted by molar-refractivity contribution is -0.264. The van der Waals surface area contributed by atoms with Crippen molar-refractivity contribution >= 4 is 11.9 Å². The molecular formula is C32H48O8. The van der Waals surface area contributed by atoms with Gasteiger partial charge in [-0.25, -0.2) is 0 Å². The summed E-state index contributed by atoms with van der Waals surface area (Å²) in [6, 6.07) is 0. The highest BCUT2D eigenvalue weighted by Crippen LogP contribution is 2.75. The number of carbonyl (C=O) groups excluding carboxylic acids is 2. The number of aliphatic hydroxyl groups is 2. The van der Waals surface area contributed by atoms with Gasteiger partial charge in [0.2, 0.25) is 0 Å². The maximum Gasteiger partial charge on any atom is 0.308 e. The summed E-state index contributed by atoms with van der Waals surface area (Å²) in [4.78, 5) is 25.3. The number of fused-ring (bicyclic) bond motifs is 4. The summed E-state index contributed by atoms with van der Waals surface area (Å²) in [5.41, 5.74) is -0.383. The van der Waals surface area contributed by atoms with E-state index in [1.54, 1.807) is 0 Å². The minimum absolute atomic E-state index is 0.0454. The molecule has 0 aromatic rings. The molecular weight excluding hydrogens is 512 g/mol. The molecule has 5 fully saturated rings. The first-order chi connectivity index (χ1) is 18.7. The third-order valence-electron chi connectivity index (χ3n) is 12.7. The molecule has 224 valence electrons. The summed E-state index contributed by atoms with van der Waals surface area (Å²) in [6.07, 6.45) is 3.36. The quantitative estimate of drug-likeness (QED) is 0.392. The van der Waals surface area contributed by atoms with Crippen LogP contribution in [-0.2, 0) is 28.5 Å². The van der Waals surface area contributed by atoms with E-state index in [0.29, 0.717) is 32.0 Å². The Bertz CT molecular complexity index is 1100. The topological polar surface area (TPSA) is 112 Å². The number of carbonyl (C=O) groups is 2. The summed E-state index contributed by atoms with van der Waals surface area (Å²) >= 11 is 0. The molecule has 2 saturated heterocycles. The Morgan fingerprint density at radius 2 is 1.77 bits per heavy atom. The predicted octanol–water partition coefficient (Wildman–Crippen LogP) is 4.02. The maximum absolute atomic E-state index is 13.1. The molecule has 4 aliphatic carbocycles. The minimum atomic E-state index is -0.745. The number of allylic oxidation sites excluding steroid dienone is 1. The number of hydrogen-bond acceptors (Lipinski definition) is 8. The first-order valence-corrected chi connectivity index (χ1v) is 15.4. The van der Waals surface area contributed by atoms with E-state index in [1.165, 1.54) is 12.5 Å². The summed E-state index contributed by atoms with van der Waals surface area (Å²) in [6.45, 7) is 15.0. The molecule has 13 unspecified atom stereocenters. The Balaban J connectivity index is 1.44. The highest BCUT2D eigenvalue weighted by molar-refractivity contribution is 5.72. The molecule has 6 aliphatic rings. The van der Waals surface area contributed by atoms with Crippen LogP contribution in [-0.4, -0.2) is 66.1 Å². The highest BCUT2D eigenvalue weighted by atomic mass is 16.6. The minimum Gasteiger partial charge on any atom is -0.462 e. The second-order valence-corrected chi connectivity index (χ2v) is 15.0. The van der Waals surface area contributed by atoms with E-state index in [4.69, 9.17) is 18.9 Å². The molecule has 2 N–H and O–H groups in total. The molecule has 8 nitrogen and oxygen atoms in total. The van der Waals surface area contributed by atoms with Gasteiger partial charge in [0.25, 0.3) is 0 Å². The van der Waals surface area contributed by atoms with E-state index in [-0.39, 0.29) is 41.0 Å². The van der Waals surface area contributed by atoms with Gasteiger partial charge in [-0.15, -0.1) is 0 Å². The van der Waals surface area contributed by atoms with Crippen molar-refractivity contribution < 1.29 is 38.7 Å². The second-order valence-electron chi connectivity index (χ2n) is 15.0. The number of aliphatic hydroxyl groups excluding tert-OH is 2. The zero-order chi connectivity index (χ0) is 29.0. The summed E-state index contributed by atoms with van der Waals surface area (Å²) in [5, 5.41) is 22.5. The van der Waals surface area contributed by atoms with Crippen molar-refractivity contribution in [1.29, 1.82) is 0 Å². The molecule has 0 bridgehead atoms. The standard InChI is InChI=1S/C32H48O8/c1-16(2)28(36)40-23-13-22(39-17(3)33)30(5)15-38-25-26(30)32(23,7)21-10-11-29(4)19(18-12-24(34)37-14-18)8-9-20(29)31(21,6)27(25)35/h9,16,18-19,21-27,34-35H,8,10-15H2,1-7H3. The van der Waals surface area contributed by atoms with Gasteiger partial charge in [-0.1, -0.05) is 53.2 Å². The van der Waals surface area contributed by atoms with E-state index in [1.807, 2.05) is 13.8 Å². The van der Waals surface area contributed by atoms with E-state index < -0.39 is 47.0 Å². The van der Waals surface area contributed by atoms with E-state index >= 15 is 0 Å². The van der Waals surface area contributed by atoms with Gasteiger partial charge in [-0.05, 0) is 42.4 Å². The monoisotopic (exact) mass is 560 g/mol. The van der Waals surface area contributed by atoms with Crippen LogP contribution in [0.25, 0.3) is 0 Å². The van der Waals surface area contributed by atoms with Crippen molar-refractivity contribution in [2.75, 3.05) is 13.2 Å². The van der Waals surface area contributed by atoms with Gasteiger partial charge >= 0.3 is 11.9 Å². The maximum atomic E-state index is 13.1. The van der Waals surface area contributed by atoms with Crippen molar-refractivity contribution in [3.8, 4) is 0 Å². The number of ether oxygens (including phenoxy) is 4. The van der Waals surface area contributed by atoms with Crippen LogP contribution < -0.4 is 0 Å². The first kappa shape index (κ1) is 28.6. The second kappa shape index (κ2) is 9.26. The number of hydrogen-bond donors (Lipinski definition) is 2. The third kappa shape index (κ3) is 3.64. The Morgan fingerprint density at radius 3 is 2.40 bits per heavy atom. The largest absolute Gasteiger partial charge is 0.462 e. The van der Waals surface area contributed by atoms with Crippen LogP contribution in [0.4, 0.5) is 0 Å². The smallest absolute Gasteiger partial charge is 0.308 e. The van der Waals surface area contributed by atoms with E-state index in [9.17, 15) is 19.8 Å². The lowest BCUT2D eigenvalue weighted by Crippen LogP contribution is -2.73. The van der Waals surface area contributed by atoms with Crippen LogP contribution in [0.1, 0.15) is 80.6 Å². The molecule has 8 heteroatoms. The fourth-order valence-electron chi connectivity index (χ4n) is 11.0. The fourth-order valence-corrected chi connectivity index (χ4v) is 11.0. The molecule has 6 rings (SSSR count). The molecule has 0 spiro atoms. The van der Waals surface area contributed by atoms with Gasteiger partial charge in [-0.3, -0.25) is 9.59 Å². The average Bonchev–Trinajstić information content (AvgIpc) is 3.56. The summed E-state index contributed by atoms with van der Waals surface area (Å²) in [5.74, 6) is -0.356. The fraction of sp³-hybridized carbons (Fsp3) is 0.875. The van der Waals surface area contributed by atoms with Crippen LogP contribution >= 0.6 is 0 Å². The molecule has 0 aromatic carbocycles. The van der Waals surface area contributed by atoms with Gasteiger partial charge in [0.15, 0.2) is 6.29 Å². The Labute approximate surface area is 238 Å². The molecule has 2 aliphatic heterocycles. The van der Waals surface area contributed by atoms with E-state index in [0.717, 1.165) is 19.3 Å². The Hall–Kier alpha value is -1.48. The molecule has 0 aromatic heterocycles. The number of esters is 2. The molecule has 13 atom stereocenters. The number of rotatable bonds is 4. The van der Waals surface area contributed by atoms with Crippen molar-refractivity contribution in [2.45, 2.75) is 111 Å². The van der Waals surface area contributed by atoms with Crippen molar-refractivity contribution in [2.24, 2.45) is 51.2 Å². The highest BCUT2D eigenvalue weighted by Gasteiger charge is 2.77. The van der Waals surface area contributed by atoms with Crippen molar-refractivity contribution in [1.82, 2.24) is 0 Å². The Kier molecular flexibility index (Phi) is 6.63. The van der Waals surface area contributed by atoms with Crippen LogP contribution in [0.5, 0.6) is 0 Å². The van der Waals surface area contributed by atoms with Gasteiger partial charge in [0, 0.05) is 41.9 Å². The molecule has 0 radical (unpaired) electrons. The van der Waals surface area contributed by atoms with Crippen LogP contribution in [0, 0.1) is 51.2 Å². The summed E-state index contributed by atoms with van der Waals surface area (Å²) < 4.78 is 24.4. The zero-order valence-electron chi connectivity index (χ0n) is 25.1. The van der Waals surface area contributed by atoms with Gasteiger partial charge < -0.3 is 29.2 Å². The lowest BCUT2D eigenvalue weighted by Gasteiger charge is -2.69. The first-order valence-electron chi connectivity index (χ1n) is 15.4. The molecule has 3 saturated carbocycles. The summed E-state index contributed by atoms with van der Waals surface area (Å²) in [7, 11) is 0. The third-order valence-corrected chi connectivity index (χ3v) is 12.7. The van der Waals surface area contributed by atoms with Gasteiger partial charge in [0.1, 0.15) is 12.2 Å². The van der Waals surface area contributed by atoms with Crippen LogP contribution in [0.2, 0.25) is 0 Å². The predicted molar refractivity (Wildman–Crippen MR) is 146 cm³/mol. The molecule has 0 amide bonds. The SMILES string of the molecule is CC(=O)OC1CC(OC(=O)C(C)C)C2(C)C3C(OCC13C)C(O)C1(C)C3=CCC(C4COC(O)C4)C3(C)CCC12. The normalized spacial score (nSPS) is 53.0. The Morgan fingerprint density at radius 1 is 1.05 bits per heavy atom. The zero-order valence-corrected chi connectivity index (χ0v) is 25.1. The van der Waals surface area contributed by atoms with Gasteiger partial charge in [0.05, 0.1) is 31.3 Å². The van der Waals surface area contributed by atoms with Crippen LogP contribution in [0.15, 0.2) is 11.6 Å². The van der Waals surface area contributed by atoms with Gasteiger partial charge in [-0.2, -0.15) is 0 Å². The van der Waals surface area contributed by atoms with E-state index in [2.05, 4.69) is 33.8 Å². The molecule has 40 heavy (non-hydrogen) atoms. The lowest BCUT2D eigenvalue weighted by atomic mass is 9.36. The molecule has 2 heterocycles.